The first kappa shape index (κ1) is 13.5. The lowest BCUT2D eigenvalue weighted by Gasteiger charge is -2.15. The smallest absolute Gasteiger partial charge is 0.243 e. The van der Waals surface area contributed by atoms with Gasteiger partial charge in [-0.3, -0.25) is 10.0 Å². The van der Waals surface area contributed by atoms with Crippen LogP contribution in [0.1, 0.15) is 24.5 Å². The van der Waals surface area contributed by atoms with Gasteiger partial charge in [-0.25, -0.2) is 5.48 Å². The Morgan fingerprint density at radius 2 is 2.24 bits per heavy atom. The zero-order valence-electron chi connectivity index (χ0n) is 9.97. The van der Waals surface area contributed by atoms with Crippen molar-refractivity contribution < 1.29 is 19.5 Å². The zero-order chi connectivity index (χ0) is 12.7. The minimum absolute atomic E-state index is 0.192. The van der Waals surface area contributed by atoms with Crippen LogP contribution in [-0.2, 0) is 9.53 Å². The number of carbonyl (C=O) groups is 1. The number of methoxy groups -OCH3 is 2. The minimum Gasteiger partial charge on any atom is -0.497 e. The maximum Gasteiger partial charge on any atom is 0.243 e. The summed E-state index contributed by atoms with van der Waals surface area (Å²) < 4.78 is 10.4. The molecule has 2 N–H and O–H groups in total. The average molecular weight is 239 g/mol. The normalized spacial score (nSPS) is 11.9. The molecular formula is C12H17NO4. The van der Waals surface area contributed by atoms with Gasteiger partial charge in [-0.15, -0.1) is 0 Å². The third-order valence-electron chi connectivity index (χ3n) is 2.51. The molecule has 0 radical (unpaired) electrons. The van der Waals surface area contributed by atoms with E-state index in [1.807, 2.05) is 24.3 Å². The van der Waals surface area contributed by atoms with E-state index in [4.69, 9.17) is 14.7 Å². The molecule has 1 aromatic carbocycles. The lowest BCUT2D eigenvalue weighted by atomic mass is 10.0. The molecule has 0 spiro atoms. The summed E-state index contributed by atoms with van der Waals surface area (Å²) in [5.74, 6) is 0.325. The highest BCUT2D eigenvalue weighted by Crippen LogP contribution is 2.25. The first-order valence-corrected chi connectivity index (χ1v) is 5.31. The van der Waals surface area contributed by atoms with Gasteiger partial charge in [-0.2, -0.15) is 0 Å². The van der Waals surface area contributed by atoms with Crippen LogP contribution in [0, 0.1) is 0 Å². The summed E-state index contributed by atoms with van der Waals surface area (Å²) >= 11 is 0. The van der Waals surface area contributed by atoms with Crippen LogP contribution in [0.25, 0.3) is 0 Å². The molecule has 0 fully saturated rings. The molecule has 0 aliphatic rings. The van der Waals surface area contributed by atoms with Gasteiger partial charge in [-0.05, 0) is 24.1 Å². The largest absolute Gasteiger partial charge is 0.497 e. The monoisotopic (exact) mass is 239 g/mol. The van der Waals surface area contributed by atoms with Gasteiger partial charge in [-0.1, -0.05) is 12.1 Å². The minimum atomic E-state index is -0.421. The summed E-state index contributed by atoms with van der Waals surface area (Å²) in [6, 6.07) is 7.49. The van der Waals surface area contributed by atoms with Crippen LogP contribution < -0.4 is 10.2 Å². The summed E-state index contributed by atoms with van der Waals surface area (Å²) in [5.41, 5.74) is 2.54. The number of amides is 1. The van der Waals surface area contributed by atoms with Crippen molar-refractivity contribution in [3.8, 4) is 5.75 Å². The number of hydroxylamine groups is 1. The fraction of sp³-hybridized carbons (Fsp3) is 0.417. The van der Waals surface area contributed by atoms with Crippen molar-refractivity contribution in [2.24, 2.45) is 0 Å². The Kier molecular flexibility index (Phi) is 5.45. The van der Waals surface area contributed by atoms with Crippen molar-refractivity contribution in [1.82, 2.24) is 5.48 Å². The molecule has 1 atom stereocenters. The molecule has 1 amide bonds. The highest BCUT2D eigenvalue weighted by Gasteiger charge is 2.13. The molecule has 1 rings (SSSR count). The molecule has 0 saturated carbocycles. The molecule has 5 heteroatoms. The Hall–Kier alpha value is -1.59. The van der Waals surface area contributed by atoms with Gasteiger partial charge in [0.15, 0.2) is 0 Å². The van der Waals surface area contributed by atoms with Crippen molar-refractivity contribution in [3.63, 3.8) is 0 Å². The number of rotatable bonds is 6. The van der Waals surface area contributed by atoms with Crippen LogP contribution in [0.5, 0.6) is 5.75 Å². The Morgan fingerprint density at radius 1 is 1.47 bits per heavy atom. The topological polar surface area (TPSA) is 67.8 Å². The standard InChI is InChI=1S/C12H17NO4/c1-16-10-5-3-4-9(8-10)11(17-2)6-7-12(14)13-15/h3-5,8,11,15H,6-7H2,1-2H3,(H,13,14). The summed E-state index contributed by atoms with van der Waals surface area (Å²) in [7, 11) is 3.18. The molecule has 1 aromatic rings. The first-order valence-electron chi connectivity index (χ1n) is 5.31. The van der Waals surface area contributed by atoms with Gasteiger partial charge in [0.2, 0.25) is 5.91 Å². The lowest BCUT2D eigenvalue weighted by molar-refractivity contribution is -0.129. The molecule has 1 unspecified atom stereocenters. The Morgan fingerprint density at radius 3 is 2.82 bits per heavy atom. The third kappa shape index (κ3) is 4.05. The fourth-order valence-corrected chi connectivity index (χ4v) is 1.58. The maximum atomic E-state index is 10.9. The van der Waals surface area contributed by atoms with Crippen LogP contribution in [0.3, 0.4) is 0 Å². The van der Waals surface area contributed by atoms with E-state index in [0.717, 1.165) is 11.3 Å². The van der Waals surface area contributed by atoms with E-state index in [9.17, 15) is 4.79 Å². The second kappa shape index (κ2) is 6.88. The molecule has 0 bridgehead atoms. The number of ether oxygens (including phenoxy) is 2. The van der Waals surface area contributed by atoms with E-state index in [1.54, 1.807) is 19.7 Å². The van der Waals surface area contributed by atoms with Gasteiger partial charge in [0, 0.05) is 13.5 Å². The van der Waals surface area contributed by atoms with E-state index in [2.05, 4.69) is 0 Å². The van der Waals surface area contributed by atoms with Gasteiger partial charge in [0.1, 0.15) is 5.75 Å². The summed E-state index contributed by atoms with van der Waals surface area (Å²) in [4.78, 5) is 10.9. The molecule has 5 nitrogen and oxygen atoms in total. The maximum absolute atomic E-state index is 10.9. The predicted molar refractivity (Wildman–Crippen MR) is 61.9 cm³/mol. The number of carbonyl (C=O) groups excluding carboxylic acids is 1. The highest BCUT2D eigenvalue weighted by atomic mass is 16.5. The van der Waals surface area contributed by atoms with Gasteiger partial charge in [0.25, 0.3) is 0 Å². The van der Waals surface area contributed by atoms with Crippen LogP contribution in [0.2, 0.25) is 0 Å². The molecule has 94 valence electrons. The van der Waals surface area contributed by atoms with Crippen molar-refractivity contribution in [3.05, 3.63) is 29.8 Å². The first-order chi connectivity index (χ1) is 8.21. The Labute approximate surface area is 100 Å². The van der Waals surface area contributed by atoms with Gasteiger partial charge >= 0.3 is 0 Å². The second-order valence-corrected chi connectivity index (χ2v) is 3.57. The molecular weight excluding hydrogens is 222 g/mol. The SMILES string of the molecule is COc1cccc(C(CCC(=O)NO)OC)c1. The van der Waals surface area contributed by atoms with E-state index < -0.39 is 5.91 Å². The predicted octanol–water partition coefficient (Wildman–Crippen LogP) is 1.67. The van der Waals surface area contributed by atoms with E-state index in [-0.39, 0.29) is 12.5 Å². The fourth-order valence-electron chi connectivity index (χ4n) is 1.58. The van der Waals surface area contributed by atoms with Gasteiger partial charge < -0.3 is 9.47 Å². The Bertz CT molecular complexity index is 367. The summed E-state index contributed by atoms with van der Waals surface area (Å²) in [6.45, 7) is 0. The van der Waals surface area contributed by atoms with E-state index in [0.29, 0.717) is 6.42 Å². The summed E-state index contributed by atoms with van der Waals surface area (Å²) in [5, 5.41) is 8.41. The molecule has 0 aliphatic carbocycles. The highest BCUT2D eigenvalue weighted by molar-refractivity contribution is 5.74. The van der Waals surface area contributed by atoms with Crippen LogP contribution in [0.15, 0.2) is 24.3 Å². The second-order valence-electron chi connectivity index (χ2n) is 3.57. The quantitative estimate of drug-likeness (QED) is 0.585. The van der Waals surface area contributed by atoms with E-state index in [1.165, 1.54) is 0 Å². The molecule has 0 aliphatic heterocycles. The average Bonchev–Trinajstić information content (AvgIpc) is 2.39. The van der Waals surface area contributed by atoms with Crippen molar-refractivity contribution in [2.45, 2.75) is 18.9 Å². The van der Waals surface area contributed by atoms with Crippen molar-refractivity contribution in [1.29, 1.82) is 0 Å². The van der Waals surface area contributed by atoms with Crippen LogP contribution >= 0.6 is 0 Å². The number of hydrogen-bond donors (Lipinski definition) is 2. The Balaban J connectivity index is 2.68. The van der Waals surface area contributed by atoms with Crippen molar-refractivity contribution >= 4 is 5.91 Å². The van der Waals surface area contributed by atoms with E-state index >= 15 is 0 Å². The lowest BCUT2D eigenvalue weighted by Crippen LogP contribution is -2.19. The third-order valence-corrected chi connectivity index (χ3v) is 2.51. The van der Waals surface area contributed by atoms with Crippen LogP contribution in [0.4, 0.5) is 0 Å². The summed E-state index contributed by atoms with van der Waals surface area (Å²) in [6.07, 6.45) is 0.504. The zero-order valence-corrected chi connectivity index (χ0v) is 9.97. The molecule has 0 heterocycles. The molecule has 17 heavy (non-hydrogen) atoms. The molecule has 0 saturated heterocycles. The number of hydrogen-bond acceptors (Lipinski definition) is 4. The van der Waals surface area contributed by atoms with Crippen LogP contribution in [-0.4, -0.2) is 25.3 Å². The number of nitrogens with one attached hydrogen (secondary N) is 1. The van der Waals surface area contributed by atoms with Gasteiger partial charge in [0.05, 0.1) is 13.2 Å². The van der Waals surface area contributed by atoms with Crippen molar-refractivity contribution in [2.75, 3.05) is 14.2 Å². The number of benzene rings is 1. The molecule has 0 aromatic heterocycles.